The van der Waals surface area contributed by atoms with Crippen molar-refractivity contribution < 1.29 is 14.3 Å². The van der Waals surface area contributed by atoms with Gasteiger partial charge in [-0.3, -0.25) is 0 Å². The van der Waals surface area contributed by atoms with Gasteiger partial charge in [-0.15, -0.1) is 0 Å². The predicted octanol–water partition coefficient (Wildman–Crippen LogP) is 4.78. The molecule has 0 atom stereocenters. The first-order valence-corrected chi connectivity index (χ1v) is 7.81. The van der Waals surface area contributed by atoms with E-state index >= 15 is 0 Å². The molecule has 2 aromatic rings. The number of pyridine rings is 1. The SMILES string of the molecule is COc1ccc(N(C(=O)OC(C)(C)C)c2cc(C)ccn2)c(C)c1. The highest BCUT2D eigenvalue weighted by molar-refractivity contribution is 5.96. The van der Waals surface area contributed by atoms with Crippen LogP contribution in [0.5, 0.6) is 5.75 Å². The van der Waals surface area contributed by atoms with Gasteiger partial charge in [-0.05, 0) is 76.1 Å². The average Bonchev–Trinajstić information content (AvgIpc) is 2.47. The van der Waals surface area contributed by atoms with Gasteiger partial charge >= 0.3 is 6.09 Å². The number of rotatable bonds is 3. The molecule has 0 fully saturated rings. The van der Waals surface area contributed by atoms with Gasteiger partial charge in [0.1, 0.15) is 17.2 Å². The molecule has 0 radical (unpaired) electrons. The van der Waals surface area contributed by atoms with Gasteiger partial charge in [0.15, 0.2) is 0 Å². The molecule has 5 nitrogen and oxygen atoms in total. The van der Waals surface area contributed by atoms with E-state index in [4.69, 9.17) is 9.47 Å². The number of amides is 1. The molecule has 0 saturated carbocycles. The van der Waals surface area contributed by atoms with E-state index in [2.05, 4.69) is 4.98 Å². The van der Waals surface area contributed by atoms with Crippen LogP contribution >= 0.6 is 0 Å². The number of ether oxygens (including phenoxy) is 2. The van der Waals surface area contributed by atoms with Crippen LogP contribution in [0.1, 0.15) is 31.9 Å². The van der Waals surface area contributed by atoms with Crippen molar-refractivity contribution in [1.82, 2.24) is 4.98 Å². The average molecular weight is 328 g/mol. The molecule has 0 aliphatic rings. The molecule has 1 heterocycles. The van der Waals surface area contributed by atoms with Gasteiger partial charge < -0.3 is 9.47 Å². The summed E-state index contributed by atoms with van der Waals surface area (Å²) in [7, 11) is 1.61. The number of benzene rings is 1. The molecule has 0 saturated heterocycles. The number of hydrogen-bond acceptors (Lipinski definition) is 4. The molecular weight excluding hydrogens is 304 g/mol. The lowest BCUT2D eigenvalue weighted by Crippen LogP contribution is -2.34. The minimum atomic E-state index is -0.598. The fourth-order valence-corrected chi connectivity index (χ4v) is 2.27. The van der Waals surface area contributed by atoms with Crippen LogP contribution in [0.4, 0.5) is 16.3 Å². The van der Waals surface area contributed by atoms with Gasteiger partial charge in [-0.25, -0.2) is 14.7 Å². The van der Waals surface area contributed by atoms with Gasteiger partial charge in [-0.1, -0.05) is 0 Å². The van der Waals surface area contributed by atoms with E-state index in [1.165, 1.54) is 4.90 Å². The molecule has 0 unspecified atom stereocenters. The highest BCUT2D eigenvalue weighted by atomic mass is 16.6. The van der Waals surface area contributed by atoms with Crippen molar-refractivity contribution in [3.63, 3.8) is 0 Å². The molecule has 0 aliphatic heterocycles. The lowest BCUT2D eigenvalue weighted by atomic mass is 10.1. The van der Waals surface area contributed by atoms with E-state index in [0.29, 0.717) is 11.5 Å². The maximum absolute atomic E-state index is 12.8. The molecule has 1 aromatic heterocycles. The van der Waals surface area contributed by atoms with Crippen molar-refractivity contribution in [1.29, 1.82) is 0 Å². The largest absolute Gasteiger partial charge is 0.497 e. The molecule has 0 bridgehead atoms. The first-order chi connectivity index (χ1) is 11.2. The number of methoxy groups -OCH3 is 1. The second kappa shape index (κ2) is 6.91. The summed E-state index contributed by atoms with van der Waals surface area (Å²) >= 11 is 0. The van der Waals surface area contributed by atoms with Crippen LogP contribution < -0.4 is 9.64 Å². The molecule has 1 aromatic carbocycles. The normalized spacial score (nSPS) is 11.1. The van der Waals surface area contributed by atoms with Gasteiger partial charge in [0.05, 0.1) is 12.8 Å². The van der Waals surface area contributed by atoms with Crippen LogP contribution in [0.25, 0.3) is 0 Å². The van der Waals surface area contributed by atoms with Gasteiger partial charge in [0.2, 0.25) is 0 Å². The van der Waals surface area contributed by atoms with Crippen molar-refractivity contribution in [2.45, 2.75) is 40.2 Å². The number of carbonyl (C=O) groups is 1. The molecule has 5 heteroatoms. The summed E-state index contributed by atoms with van der Waals surface area (Å²) in [6, 6.07) is 9.27. The minimum Gasteiger partial charge on any atom is -0.497 e. The summed E-state index contributed by atoms with van der Waals surface area (Å²) in [5.41, 5.74) is 2.02. The lowest BCUT2D eigenvalue weighted by Gasteiger charge is -2.28. The Morgan fingerprint density at radius 1 is 1.12 bits per heavy atom. The lowest BCUT2D eigenvalue weighted by molar-refractivity contribution is 0.0598. The maximum Gasteiger partial charge on any atom is 0.420 e. The Labute approximate surface area is 143 Å². The summed E-state index contributed by atoms with van der Waals surface area (Å²) in [6.07, 6.45) is 1.22. The van der Waals surface area contributed by atoms with E-state index < -0.39 is 11.7 Å². The summed E-state index contributed by atoms with van der Waals surface area (Å²) in [5.74, 6) is 1.26. The Hall–Kier alpha value is -2.56. The highest BCUT2D eigenvalue weighted by Gasteiger charge is 2.27. The highest BCUT2D eigenvalue weighted by Crippen LogP contribution is 2.31. The third-order valence-corrected chi connectivity index (χ3v) is 3.35. The van der Waals surface area contributed by atoms with Crippen molar-refractivity contribution in [3.8, 4) is 5.75 Å². The third kappa shape index (κ3) is 4.25. The fourth-order valence-electron chi connectivity index (χ4n) is 2.27. The number of aryl methyl sites for hydroxylation is 2. The van der Waals surface area contributed by atoms with Crippen LogP contribution in [0.3, 0.4) is 0 Å². The van der Waals surface area contributed by atoms with Crippen LogP contribution in [-0.2, 0) is 4.74 Å². The quantitative estimate of drug-likeness (QED) is 0.813. The zero-order valence-corrected chi connectivity index (χ0v) is 15.1. The zero-order valence-electron chi connectivity index (χ0n) is 15.1. The number of anilines is 2. The number of nitrogens with zero attached hydrogens (tertiary/aromatic N) is 2. The van der Waals surface area contributed by atoms with E-state index in [-0.39, 0.29) is 0 Å². The second-order valence-corrected chi connectivity index (χ2v) is 6.66. The minimum absolute atomic E-state index is 0.464. The van der Waals surface area contributed by atoms with Gasteiger partial charge in [0, 0.05) is 6.20 Å². The Bertz CT molecular complexity index is 736. The van der Waals surface area contributed by atoms with Crippen LogP contribution in [0.15, 0.2) is 36.5 Å². The molecule has 2 rings (SSSR count). The second-order valence-electron chi connectivity index (χ2n) is 6.66. The van der Waals surface area contributed by atoms with Crippen LogP contribution in [0, 0.1) is 13.8 Å². The molecule has 24 heavy (non-hydrogen) atoms. The van der Waals surface area contributed by atoms with E-state index in [1.807, 2.05) is 65.0 Å². The standard InChI is InChI=1S/C19H24N2O3/c1-13-9-10-20-17(11-13)21(18(22)24-19(3,4)5)16-8-7-15(23-6)12-14(16)2/h7-12H,1-6H3. The predicted molar refractivity (Wildman–Crippen MR) is 95.1 cm³/mol. The molecule has 0 spiro atoms. The van der Waals surface area contributed by atoms with Crippen molar-refractivity contribution in [3.05, 3.63) is 47.7 Å². The number of carbonyl (C=O) groups excluding carboxylic acids is 1. The summed E-state index contributed by atoms with van der Waals surface area (Å²) in [4.78, 5) is 18.6. The molecular formula is C19H24N2O3. The third-order valence-electron chi connectivity index (χ3n) is 3.35. The van der Waals surface area contributed by atoms with E-state index in [9.17, 15) is 4.79 Å². The maximum atomic E-state index is 12.8. The van der Waals surface area contributed by atoms with E-state index in [1.54, 1.807) is 13.3 Å². The molecule has 0 aliphatic carbocycles. The van der Waals surface area contributed by atoms with Crippen LogP contribution in [-0.4, -0.2) is 23.8 Å². The monoisotopic (exact) mass is 328 g/mol. The van der Waals surface area contributed by atoms with Gasteiger partial charge in [-0.2, -0.15) is 0 Å². The smallest absolute Gasteiger partial charge is 0.420 e. The zero-order chi connectivity index (χ0) is 17.9. The molecule has 0 N–H and O–H groups in total. The number of aromatic nitrogens is 1. The Kier molecular flexibility index (Phi) is 5.12. The Morgan fingerprint density at radius 2 is 1.83 bits per heavy atom. The van der Waals surface area contributed by atoms with E-state index in [0.717, 1.165) is 16.9 Å². The first kappa shape index (κ1) is 17.8. The summed E-state index contributed by atoms with van der Waals surface area (Å²) in [5, 5.41) is 0. The summed E-state index contributed by atoms with van der Waals surface area (Å²) in [6.45, 7) is 9.40. The first-order valence-electron chi connectivity index (χ1n) is 7.81. The molecule has 1 amide bonds. The number of hydrogen-bond donors (Lipinski definition) is 0. The summed E-state index contributed by atoms with van der Waals surface area (Å²) < 4.78 is 10.8. The van der Waals surface area contributed by atoms with Crippen molar-refractivity contribution >= 4 is 17.6 Å². The van der Waals surface area contributed by atoms with Crippen LogP contribution in [0.2, 0.25) is 0 Å². The fraction of sp³-hybridized carbons (Fsp3) is 0.368. The van der Waals surface area contributed by atoms with Crippen molar-refractivity contribution in [2.24, 2.45) is 0 Å². The Morgan fingerprint density at radius 3 is 2.38 bits per heavy atom. The van der Waals surface area contributed by atoms with Crippen molar-refractivity contribution in [2.75, 3.05) is 12.0 Å². The topological polar surface area (TPSA) is 51.7 Å². The van der Waals surface area contributed by atoms with Gasteiger partial charge in [0.25, 0.3) is 0 Å². The Balaban J connectivity index is 2.52. The molecule has 128 valence electrons.